The minimum absolute atomic E-state index is 0.118. The first-order valence-corrected chi connectivity index (χ1v) is 5.47. The molecule has 0 saturated carbocycles. The summed E-state index contributed by atoms with van der Waals surface area (Å²) in [6.07, 6.45) is 3.66. The van der Waals surface area contributed by atoms with E-state index in [9.17, 15) is 4.79 Å². The van der Waals surface area contributed by atoms with Gasteiger partial charge in [-0.05, 0) is 18.9 Å². The zero-order valence-electron chi connectivity index (χ0n) is 9.90. The first-order chi connectivity index (χ1) is 7.19. The minimum atomic E-state index is -0.968. The predicted molar refractivity (Wildman–Crippen MR) is 60.2 cm³/mol. The van der Waals surface area contributed by atoms with Crippen LogP contribution in [0.4, 0.5) is 0 Å². The fourth-order valence-electron chi connectivity index (χ4n) is 1.32. The molecule has 1 rings (SSSR count). The maximum Gasteiger partial charge on any atom is 0.356 e. The maximum atomic E-state index is 10.5. The van der Waals surface area contributed by atoms with Crippen LogP contribution in [0.25, 0.3) is 0 Å². The van der Waals surface area contributed by atoms with Crippen LogP contribution in [0.15, 0.2) is 12.3 Å². The van der Waals surface area contributed by atoms with Crippen molar-refractivity contribution in [1.29, 1.82) is 0 Å². The van der Waals surface area contributed by atoms with Crippen LogP contribution in [-0.4, -0.2) is 20.9 Å². The van der Waals surface area contributed by atoms with Crippen LogP contribution in [0.5, 0.6) is 0 Å². The van der Waals surface area contributed by atoms with Crippen LogP contribution in [0.3, 0.4) is 0 Å². The molecule has 1 N–H and O–H groups in total. The molecule has 0 aliphatic rings. The Kier molecular flexibility index (Phi) is 6.42. The molecule has 0 amide bonds. The van der Waals surface area contributed by atoms with E-state index in [4.69, 9.17) is 5.11 Å². The summed E-state index contributed by atoms with van der Waals surface area (Å²) in [7, 11) is 0. The van der Waals surface area contributed by atoms with Gasteiger partial charge in [-0.25, -0.2) is 4.79 Å². The molecule has 0 fully saturated rings. The Morgan fingerprint density at radius 3 is 2.33 bits per heavy atom. The highest BCUT2D eigenvalue weighted by Gasteiger charge is 2.11. The van der Waals surface area contributed by atoms with Gasteiger partial charge in [0.2, 0.25) is 0 Å². The SMILES string of the molecule is CC.CCC(CC)n1ccc(C(=O)O)n1. The second-order valence-corrected chi connectivity index (χ2v) is 2.96. The second kappa shape index (κ2) is 7.04. The summed E-state index contributed by atoms with van der Waals surface area (Å²) in [4.78, 5) is 10.5. The number of rotatable bonds is 4. The van der Waals surface area contributed by atoms with E-state index in [0.29, 0.717) is 6.04 Å². The molecule has 1 heterocycles. The lowest BCUT2D eigenvalue weighted by atomic mass is 10.2. The van der Waals surface area contributed by atoms with Gasteiger partial charge in [-0.1, -0.05) is 27.7 Å². The maximum absolute atomic E-state index is 10.5. The number of hydrogen-bond donors (Lipinski definition) is 1. The molecule has 0 aromatic carbocycles. The molecule has 0 saturated heterocycles. The van der Waals surface area contributed by atoms with Crippen LogP contribution in [0, 0.1) is 0 Å². The fourth-order valence-corrected chi connectivity index (χ4v) is 1.32. The Labute approximate surface area is 90.9 Å². The summed E-state index contributed by atoms with van der Waals surface area (Å²) in [6, 6.07) is 1.84. The molecule has 15 heavy (non-hydrogen) atoms. The first kappa shape index (κ1) is 13.7. The number of hydrogen-bond acceptors (Lipinski definition) is 2. The Bertz CT molecular complexity index is 291. The van der Waals surface area contributed by atoms with Gasteiger partial charge in [-0.15, -0.1) is 0 Å². The molecule has 0 spiro atoms. The van der Waals surface area contributed by atoms with E-state index in [1.165, 1.54) is 6.07 Å². The third kappa shape index (κ3) is 3.73. The molecule has 86 valence electrons. The van der Waals surface area contributed by atoms with Gasteiger partial charge in [0.05, 0.1) is 6.04 Å². The van der Waals surface area contributed by atoms with Gasteiger partial charge in [0.1, 0.15) is 0 Å². The third-order valence-electron chi connectivity index (χ3n) is 2.14. The Hall–Kier alpha value is -1.32. The predicted octanol–water partition coefficient (Wildman–Crippen LogP) is 2.97. The summed E-state index contributed by atoms with van der Waals surface area (Å²) in [6.45, 7) is 8.13. The van der Waals surface area contributed by atoms with Crippen molar-refractivity contribution in [2.45, 2.75) is 46.6 Å². The summed E-state index contributed by atoms with van der Waals surface area (Å²) in [5, 5.41) is 12.6. The van der Waals surface area contributed by atoms with E-state index in [1.807, 2.05) is 13.8 Å². The standard InChI is InChI=1S/C9H14N2O2.C2H6/c1-3-7(4-2)11-6-5-8(10-11)9(12)13;1-2/h5-7H,3-4H2,1-2H3,(H,12,13);1-2H3. The summed E-state index contributed by atoms with van der Waals surface area (Å²) in [5.74, 6) is -0.968. The van der Waals surface area contributed by atoms with Crippen molar-refractivity contribution < 1.29 is 9.90 Å². The van der Waals surface area contributed by atoms with E-state index in [2.05, 4.69) is 18.9 Å². The van der Waals surface area contributed by atoms with Crippen LogP contribution < -0.4 is 0 Å². The van der Waals surface area contributed by atoms with Crippen molar-refractivity contribution in [3.05, 3.63) is 18.0 Å². The molecular formula is C11H20N2O2. The fraction of sp³-hybridized carbons (Fsp3) is 0.636. The molecule has 0 aliphatic carbocycles. The van der Waals surface area contributed by atoms with Crippen molar-refractivity contribution in [3.63, 3.8) is 0 Å². The van der Waals surface area contributed by atoms with Crippen LogP contribution >= 0.6 is 0 Å². The van der Waals surface area contributed by atoms with Crippen LogP contribution in [0.1, 0.15) is 57.1 Å². The van der Waals surface area contributed by atoms with Gasteiger partial charge < -0.3 is 5.11 Å². The van der Waals surface area contributed by atoms with E-state index in [-0.39, 0.29) is 5.69 Å². The van der Waals surface area contributed by atoms with Crippen molar-refractivity contribution in [2.24, 2.45) is 0 Å². The monoisotopic (exact) mass is 212 g/mol. The number of carboxylic acid groups (broad SMARTS) is 1. The molecule has 4 nitrogen and oxygen atoms in total. The highest BCUT2D eigenvalue weighted by molar-refractivity contribution is 5.85. The summed E-state index contributed by atoms with van der Waals surface area (Å²) in [5.41, 5.74) is 0.118. The smallest absolute Gasteiger partial charge is 0.356 e. The largest absolute Gasteiger partial charge is 0.476 e. The van der Waals surface area contributed by atoms with E-state index in [1.54, 1.807) is 10.9 Å². The number of aromatic carboxylic acids is 1. The average molecular weight is 212 g/mol. The van der Waals surface area contributed by atoms with E-state index < -0.39 is 5.97 Å². The van der Waals surface area contributed by atoms with Gasteiger partial charge in [0.15, 0.2) is 5.69 Å². The molecule has 0 bridgehead atoms. The van der Waals surface area contributed by atoms with Gasteiger partial charge >= 0.3 is 5.97 Å². The van der Waals surface area contributed by atoms with Crippen molar-refractivity contribution >= 4 is 5.97 Å². The zero-order chi connectivity index (χ0) is 11.8. The number of carboxylic acids is 1. The normalized spacial score (nSPS) is 9.67. The lowest BCUT2D eigenvalue weighted by Crippen LogP contribution is -2.09. The van der Waals surface area contributed by atoms with E-state index >= 15 is 0 Å². The minimum Gasteiger partial charge on any atom is -0.476 e. The zero-order valence-corrected chi connectivity index (χ0v) is 9.90. The van der Waals surface area contributed by atoms with Gasteiger partial charge in [0, 0.05) is 6.20 Å². The summed E-state index contributed by atoms with van der Waals surface area (Å²) >= 11 is 0. The first-order valence-electron chi connectivity index (χ1n) is 5.47. The van der Waals surface area contributed by atoms with Gasteiger partial charge in [-0.2, -0.15) is 5.10 Å². The lowest BCUT2D eigenvalue weighted by Gasteiger charge is -2.11. The van der Waals surface area contributed by atoms with Crippen LogP contribution in [0.2, 0.25) is 0 Å². The Balaban J connectivity index is 0.000000921. The molecule has 0 atom stereocenters. The van der Waals surface area contributed by atoms with Crippen molar-refractivity contribution in [3.8, 4) is 0 Å². The molecule has 4 heteroatoms. The Morgan fingerprint density at radius 1 is 1.47 bits per heavy atom. The number of aromatic nitrogens is 2. The van der Waals surface area contributed by atoms with Gasteiger partial charge in [0.25, 0.3) is 0 Å². The summed E-state index contributed by atoms with van der Waals surface area (Å²) < 4.78 is 1.73. The van der Waals surface area contributed by atoms with E-state index in [0.717, 1.165) is 12.8 Å². The molecule has 0 unspecified atom stereocenters. The second-order valence-electron chi connectivity index (χ2n) is 2.96. The number of carbonyl (C=O) groups is 1. The third-order valence-corrected chi connectivity index (χ3v) is 2.14. The average Bonchev–Trinajstić information content (AvgIpc) is 2.72. The van der Waals surface area contributed by atoms with Crippen molar-refractivity contribution in [2.75, 3.05) is 0 Å². The highest BCUT2D eigenvalue weighted by Crippen LogP contribution is 2.14. The molecule has 0 radical (unpaired) electrons. The molecule has 0 aliphatic heterocycles. The quantitative estimate of drug-likeness (QED) is 0.834. The van der Waals surface area contributed by atoms with Gasteiger partial charge in [-0.3, -0.25) is 4.68 Å². The topological polar surface area (TPSA) is 55.1 Å². The Morgan fingerprint density at radius 2 is 2.00 bits per heavy atom. The van der Waals surface area contributed by atoms with Crippen LogP contribution in [-0.2, 0) is 0 Å². The molecule has 1 aromatic rings. The van der Waals surface area contributed by atoms with Crippen molar-refractivity contribution in [1.82, 2.24) is 9.78 Å². The molecule has 1 aromatic heterocycles. The lowest BCUT2D eigenvalue weighted by molar-refractivity contribution is 0.0689. The highest BCUT2D eigenvalue weighted by atomic mass is 16.4. The number of nitrogens with zero attached hydrogens (tertiary/aromatic N) is 2. The molecular weight excluding hydrogens is 192 g/mol.